The number of carbonyl (C=O) groups is 2. The molecule has 1 aromatic carbocycles. The zero-order valence-corrected chi connectivity index (χ0v) is 18.8. The van der Waals surface area contributed by atoms with Crippen LogP contribution in [-0.2, 0) is 11.3 Å². The molecule has 1 N–H and O–H groups in total. The Labute approximate surface area is 183 Å². The lowest BCUT2D eigenvalue weighted by atomic mass is 10.1. The maximum Gasteiger partial charge on any atom is 0.408 e. The molecule has 168 valence electrons. The van der Waals surface area contributed by atoms with Gasteiger partial charge in [-0.3, -0.25) is 4.79 Å². The first kappa shape index (κ1) is 22.5. The molecule has 8 nitrogen and oxygen atoms in total. The molecule has 1 atom stereocenters. The third kappa shape index (κ3) is 5.93. The van der Waals surface area contributed by atoms with Gasteiger partial charge >= 0.3 is 6.09 Å². The van der Waals surface area contributed by atoms with Gasteiger partial charge < -0.3 is 29.0 Å². The maximum atomic E-state index is 12.9. The fraction of sp³-hybridized carbons (Fsp3) is 0.478. The molecule has 8 heteroatoms. The third-order valence-corrected chi connectivity index (χ3v) is 4.98. The Balaban J connectivity index is 1.56. The Hall–Kier alpha value is -3.16. The topological polar surface area (TPSA) is 84.2 Å². The highest BCUT2D eigenvalue weighted by Crippen LogP contribution is 2.25. The van der Waals surface area contributed by atoms with Crippen LogP contribution in [0.4, 0.5) is 10.5 Å². The Bertz CT molecular complexity index is 918. The van der Waals surface area contributed by atoms with Gasteiger partial charge in [0.25, 0.3) is 5.91 Å². The van der Waals surface area contributed by atoms with E-state index in [0.29, 0.717) is 25.4 Å². The number of furan rings is 1. The van der Waals surface area contributed by atoms with E-state index in [4.69, 9.17) is 13.9 Å². The Morgan fingerprint density at radius 3 is 2.65 bits per heavy atom. The van der Waals surface area contributed by atoms with E-state index in [1.54, 1.807) is 44.9 Å². The van der Waals surface area contributed by atoms with Crippen molar-refractivity contribution in [1.29, 1.82) is 0 Å². The fourth-order valence-corrected chi connectivity index (χ4v) is 3.53. The summed E-state index contributed by atoms with van der Waals surface area (Å²) >= 11 is 0. The number of nitrogens with zero attached hydrogens (tertiary/aromatic N) is 2. The summed E-state index contributed by atoms with van der Waals surface area (Å²) in [7, 11) is 1.65. The summed E-state index contributed by atoms with van der Waals surface area (Å²) in [6, 6.07) is 11.4. The largest absolute Gasteiger partial charge is 0.497 e. The van der Waals surface area contributed by atoms with Crippen molar-refractivity contribution >= 4 is 17.7 Å². The minimum atomic E-state index is -0.571. The van der Waals surface area contributed by atoms with Crippen LogP contribution in [0.15, 0.2) is 40.8 Å². The number of hydrogen-bond acceptors (Lipinski definition) is 6. The van der Waals surface area contributed by atoms with Crippen LogP contribution in [0, 0.1) is 0 Å². The number of rotatable bonds is 5. The highest BCUT2D eigenvalue weighted by molar-refractivity contribution is 5.91. The van der Waals surface area contributed by atoms with Crippen molar-refractivity contribution in [2.24, 2.45) is 0 Å². The molecule has 1 aromatic heterocycles. The highest BCUT2D eigenvalue weighted by Gasteiger charge is 2.29. The van der Waals surface area contributed by atoms with Crippen molar-refractivity contribution in [2.75, 3.05) is 31.6 Å². The number of amides is 2. The van der Waals surface area contributed by atoms with Gasteiger partial charge in [0.1, 0.15) is 17.1 Å². The molecule has 1 aliphatic rings. The molecule has 0 unspecified atom stereocenters. The quantitative estimate of drug-likeness (QED) is 0.781. The Kier molecular flexibility index (Phi) is 6.77. The Morgan fingerprint density at radius 2 is 1.97 bits per heavy atom. The van der Waals surface area contributed by atoms with Crippen molar-refractivity contribution in [3.8, 4) is 5.75 Å². The van der Waals surface area contributed by atoms with Gasteiger partial charge in [-0.05, 0) is 52.0 Å². The molecule has 2 heterocycles. The summed E-state index contributed by atoms with van der Waals surface area (Å²) in [6.45, 7) is 9.53. The van der Waals surface area contributed by atoms with E-state index >= 15 is 0 Å². The average molecular weight is 430 g/mol. The first-order chi connectivity index (χ1) is 14.7. The predicted octanol–water partition coefficient (Wildman–Crippen LogP) is 3.66. The van der Waals surface area contributed by atoms with Crippen LogP contribution in [0.1, 0.15) is 44.0 Å². The summed E-state index contributed by atoms with van der Waals surface area (Å²) in [5.74, 6) is 1.42. The van der Waals surface area contributed by atoms with Crippen LogP contribution in [0.5, 0.6) is 5.75 Å². The molecule has 0 saturated carbocycles. The lowest BCUT2D eigenvalue weighted by molar-refractivity contribution is 0.0519. The Morgan fingerprint density at radius 1 is 1.19 bits per heavy atom. The van der Waals surface area contributed by atoms with E-state index < -0.39 is 11.7 Å². The number of nitrogens with one attached hydrogen (secondary N) is 1. The second-order valence-corrected chi connectivity index (χ2v) is 8.62. The fourth-order valence-electron chi connectivity index (χ4n) is 3.53. The summed E-state index contributed by atoms with van der Waals surface area (Å²) in [6.07, 6.45) is -0.528. The van der Waals surface area contributed by atoms with E-state index in [0.717, 1.165) is 11.4 Å². The smallest absolute Gasteiger partial charge is 0.408 e. The molecule has 2 amide bonds. The van der Waals surface area contributed by atoms with E-state index in [2.05, 4.69) is 17.1 Å². The van der Waals surface area contributed by atoms with Crippen LogP contribution in [0.3, 0.4) is 0 Å². The lowest BCUT2D eigenvalue weighted by Crippen LogP contribution is -2.53. The zero-order chi connectivity index (χ0) is 22.6. The van der Waals surface area contributed by atoms with Crippen molar-refractivity contribution in [2.45, 2.75) is 45.9 Å². The van der Waals surface area contributed by atoms with Gasteiger partial charge in [0, 0.05) is 37.4 Å². The number of alkyl carbamates (subject to hydrolysis) is 1. The molecule has 1 fully saturated rings. The number of benzene rings is 1. The van der Waals surface area contributed by atoms with E-state index in [1.807, 2.05) is 24.3 Å². The van der Waals surface area contributed by atoms with Gasteiger partial charge in [-0.25, -0.2) is 4.79 Å². The molecule has 0 aliphatic carbocycles. The molecule has 0 spiro atoms. The minimum absolute atomic E-state index is 0.146. The zero-order valence-electron chi connectivity index (χ0n) is 18.8. The highest BCUT2D eigenvalue weighted by atomic mass is 16.6. The maximum absolute atomic E-state index is 12.9. The number of carbonyl (C=O) groups excluding carboxylic acids is 2. The van der Waals surface area contributed by atoms with E-state index in [-0.39, 0.29) is 24.3 Å². The second kappa shape index (κ2) is 9.32. The van der Waals surface area contributed by atoms with Gasteiger partial charge in [0.2, 0.25) is 0 Å². The second-order valence-electron chi connectivity index (χ2n) is 8.62. The molecule has 31 heavy (non-hydrogen) atoms. The molecule has 1 aliphatic heterocycles. The minimum Gasteiger partial charge on any atom is -0.497 e. The SMILES string of the molecule is COc1cccc(N2CCN(C(=O)c3ccc(CNC(=O)OC(C)(C)C)o3)C[C@@H]2C)c1. The van der Waals surface area contributed by atoms with Gasteiger partial charge in [0.15, 0.2) is 5.76 Å². The third-order valence-electron chi connectivity index (χ3n) is 4.98. The van der Waals surface area contributed by atoms with Gasteiger partial charge in [-0.15, -0.1) is 0 Å². The summed E-state index contributed by atoms with van der Waals surface area (Å²) in [4.78, 5) is 28.8. The normalized spacial score (nSPS) is 16.7. The molecule has 0 bridgehead atoms. The average Bonchev–Trinajstić information content (AvgIpc) is 3.19. The van der Waals surface area contributed by atoms with Crippen LogP contribution in [-0.4, -0.2) is 55.3 Å². The van der Waals surface area contributed by atoms with Crippen molar-refractivity contribution in [3.05, 3.63) is 47.9 Å². The van der Waals surface area contributed by atoms with Gasteiger partial charge in [0.05, 0.1) is 13.7 Å². The van der Waals surface area contributed by atoms with Crippen molar-refractivity contribution in [1.82, 2.24) is 10.2 Å². The molecule has 1 saturated heterocycles. The first-order valence-corrected chi connectivity index (χ1v) is 10.4. The molecule has 3 rings (SSSR count). The van der Waals surface area contributed by atoms with Gasteiger partial charge in [-0.2, -0.15) is 0 Å². The molecule has 2 aromatic rings. The standard InChI is InChI=1S/C23H31N3O5/c1-16-15-25(11-12-26(16)17-7-6-8-18(13-17)29-5)21(27)20-10-9-19(30-20)14-24-22(28)31-23(2,3)4/h6-10,13,16H,11-12,14-15H2,1-5H3,(H,24,28)/t16-/m0/s1. The molecular weight excluding hydrogens is 398 g/mol. The van der Waals surface area contributed by atoms with Crippen molar-refractivity contribution in [3.63, 3.8) is 0 Å². The summed E-state index contributed by atoms with van der Waals surface area (Å²) < 4.78 is 16.2. The van der Waals surface area contributed by atoms with E-state index in [1.165, 1.54) is 0 Å². The van der Waals surface area contributed by atoms with Crippen LogP contribution in [0.25, 0.3) is 0 Å². The van der Waals surface area contributed by atoms with Crippen molar-refractivity contribution < 1.29 is 23.5 Å². The van der Waals surface area contributed by atoms with Gasteiger partial charge in [-0.1, -0.05) is 6.07 Å². The number of hydrogen-bond donors (Lipinski definition) is 1. The van der Waals surface area contributed by atoms with Crippen LogP contribution >= 0.6 is 0 Å². The molecule has 0 radical (unpaired) electrons. The van der Waals surface area contributed by atoms with Crippen LogP contribution in [0.2, 0.25) is 0 Å². The lowest BCUT2D eigenvalue weighted by Gasteiger charge is -2.41. The summed E-state index contributed by atoms with van der Waals surface area (Å²) in [5, 5.41) is 2.63. The first-order valence-electron chi connectivity index (χ1n) is 10.4. The molecular formula is C23H31N3O5. The number of ether oxygens (including phenoxy) is 2. The summed E-state index contributed by atoms with van der Waals surface area (Å²) in [5.41, 5.74) is 0.505. The van der Waals surface area contributed by atoms with Crippen LogP contribution < -0.4 is 15.0 Å². The number of anilines is 1. The number of piperazine rings is 1. The van der Waals surface area contributed by atoms with E-state index in [9.17, 15) is 9.59 Å². The predicted molar refractivity (Wildman–Crippen MR) is 117 cm³/mol. The number of methoxy groups -OCH3 is 1. The monoisotopic (exact) mass is 429 g/mol.